The molecule has 6 heteroatoms. The largest absolute Gasteiger partial charge is 0.413 e. The maximum atomic E-state index is 12.0. The molecule has 1 unspecified atom stereocenters. The number of sulfone groups is 1. The molecule has 1 N–H and O–H groups in total. The van der Waals surface area contributed by atoms with Crippen LogP contribution in [0.25, 0.3) is 0 Å². The van der Waals surface area contributed by atoms with E-state index in [0.29, 0.717) is 5.75 Å². The summed E-state index contributed by atoms with van der Waals surface area (Å²) in [5.41, 5.74) is 1.00. The van der Waals surface area contributed by atoms with Crippen molar-refractivity contribution in [2.45, 2.75) is 57.9 Å². The van der Waals surface area contributed by atoms with Crippen LogP contribution in [0.15, 0.2) is 35.7 Å². The number of carbonyl (C=O) groups is 1. The van der Waals surface area contributed by atoms with Crippen LogP contribution < -0.4 is 10.1 Å². The van der Waals surface area contributed by atoms with Crippen LogP contribution in [0.3, 0.4) is 0 Å². The fourth-order valence-electron chi connectivity index (χ4n) is 2.85. The molecular formula is C19H27NO4S. The van der Waals surface area contributed by atoms with Gasteiger partial charge in [-0.25, -0.2) is 13.2 Å². The van der Waals surface area contributed by atoms with Crippen molar-refractivity contribution in [1.82, 2.24) is 5.32 Å². The predicted octanol–water partition coefficient (Wildman–Crippen LogP) is 3.99. The first kappa shape index (κ1) is 19.5. The van der Waals surface area contributed by atoms with Gasteiger partial charge in [0.2, 0.25) is 0 Å². The lowest BCUT2D eigenvalue weighted by Crippen LogP contribution is -2.37. The SMILES string of the molecule is CCCCCCCCc1ccccc1OC(=O)NC1C=CS(=O)(=O)C1. The summed E-state index contributed by atoms with van der Waals surface area (Å²) in [5, 5.41) is 3.70. The van der Waals surface area contributed by atoms with Gasteiger partial charge in [0.15, 0.2) is 9.84 Å². The lowest BCUT2D eigenvalue weighted by atomic mass is 10.0. The molecule has 0 aromatic heterocycles. The van der Waals surface area contributed by atoms with Gasteiger partial charge in [-0.15, -0.1) is 0 Å². The van der Waals surface area contributed by atoms with Gasteiger partial charge in [-0.2, -0.15) is 0 Å². The summed E-state index contributed by atoms with van der Waals surface area (Å²) in [6.45, 7) is 2.20. The van der Waals surface area contributed by atoms with Crippen LogP contribution in [-0.2, 0) is 16.3 Å². The van der Waals surface area contributed by atoms with Crippen LogP contribution in [0.1, 0.15) is 51.0 Å². The Bertz CT molecular complexity index is 697. The van der Waals surface area contributed by atoms with Crippen LogP contribution in [0, 0.1) is 0 Å². The number of hydrogen-bond acceptors (Lipinski definition) is 4. The summed E-state index contributed by atoms with van der Waals surface area (Å²) in [6, 6.07) is 6.97. The summed E-state index contributed by atoms with van der Waals surface area (Å²) in [4.78, 5) is 12.0. The van der Waals surface area contributed by atoms with Crippen molar-refractivity contribution < 1.29 is 17.9 Å². The molecule has 2 rings (SSSR count). The van der Waals surface area contributed by atoms with Crippen molar-refractivity contribution in [2.75, 3.05) is 5.75 Å². The molecule has 0 radical (unpaired) electrons. The average molecular weight is 365 g/mol. The number of rotatable bonds is 9. The van der Waals surface area contributed by atoms with E-state index in [1.807, 2.05) is 18.2 Å². The Morgan fingerprint density at radius 2 is 1.88 bits per heavy atom. The third-order valence-corrected chi connectivity index (χ3v) is 5.60. The highest BCUT2D eigenvalue weighted by molar-refractivity contribution is 7.94. The van der Waals surface area contributed by atoms with E-state index in [9.17, 15) is 13.2 Å². The minimum Gasteiger partial charge on any atom is -0.410 e. The Hall–Kier alpha value is -1.82. The Morgan fingerprint density at radius 1 is 1.16 bits per heavy atom. The first-order chi connectivity index (χ1) is 12.0. The molecule has 1 amide bonds. The van der Waals surface area contributed by atoms with Crippen LogP contribution in [0.5, 0.6) is 5.75 Å². The Kier molecular flexibility index (Phi) is 7.50. The fraction of sp³-hybridized carbons (Fsp3) is 0.526. The predicted molar refractivity (Wildman–Crippen MR) is 99.4 cm³/mol. The number of nitrogens with one attached hydrogen (secondary N) is 1. The fourth-order valence-corrected chi connectivity index (χ4v) is 4.09. The van der Waals surface area contributed by atoms with Gasteiger partial charge in [0.1, 0.15) is 5.75 Å². The van der Waals surface area contributed by atoms with Gasteiger partial charge < -0.3 is 10.1 Å². The zero-order chi connectivity index (χ0) is 18.1. The highest BCUT2D eigenvalue weighted by Gasteiger charge is 2.23. The number of unbranched alkanes of at least 4 members (excludes halogenated alkanes) is 5. The molecule has 138 valence electrons. The molecule has 1 heterocycles. The lowest BCUT2D eigenvalue weighted by molar-refractivity contribution is 0.198. The smallest absolute Gasteiger partial charge is 0.410 e. The Balaban J connectivity index is 1.81. The van der Waals surface area contributed by atoms with E-state index >= 15 is 0 Å². The number of para-hydroxylation sites is 1. The van der Waals surface area contributed by atoms with Crippen molar-refractivity contribution in [3.8, 4) is 5.75 Å². The summed E-state index contributed by atoms with van der Waals surface area (Å²) in [7, 11) is -3.19. The number of hydrogen-bond donors (Lipinski definition) is 1. The van der Waals surface area contributed by atoms with E-state index in [4.69, 9.17) is 4.74 Å². The second-order valence-electron chi connectivity index (χ2n) is 6.42. The minimum absolute atomic E-state index is 0.110. The van der Waals surface area contributed by atoms with Crippen LogP contribution >= 0.6 is 0 Å². The van der Waals surface area contributed by atoms with Gasteiger partial charge in [0.05, 0.1) is 11.8 Å². The van der Waals surface area contributed by atoms with Crippen LogP contribution in [0.4, 0.5) is 4.79 Å². The van der Waals surface area contributed by atoms with Crippen molar-refractivity contribution in [1.29, 1.82) is 0 Å². The van der Waals surface area contributed by atoms with E-state index in [1.54, 1.807) is 6.07 Å². The molecule has 1 aliphatic rings. The minimum atomic E-state index is -3.19. The molecule has 0 bridgehead atoms. The molecule has 0 aliphatic carbocycles. The van der Waals surface area contributed by atoms with Gasteiger partial charge >= 0.3 is 6.09 Å². The lowest BCUT2D eigenvalue weighted by Gasteiger charge is -2.13. The molecule has 0 saturated heterocycles. The van der Waals surface area contributed by atoms with Gasteiger partial charge in [0, 0.05) is 5.41 Å². The summed E-state index contributed by atoms with van der Waals surface area (Å²) < 4.78 is 28.1. The van der Waals surface area contributed by atoms with E-state index < -0.39 is 22.0 Å². The van der Waals surface area contributed by atoms with Crippen molar-refractivity contribution in [3.63, 3.8) is 0 Å². The first-order valence-corrected chi connectivity index (χ1v) is 10.7. The quantitative estimate of drug-likeness (QED) is 0.672. The van der Waals surface area contributed by atoms with E-state index in [0.717, 1.165) is 23.8 Å². The van der Waals surface area contributed by atoms with Crippen LogP contribution in [0.2, 0.25) is 0 Å². The molecule has 5 nitrogen and oxygen atoms in total. The van der Waals surface area contributed by atoms with E-state index in [1.165, 1.54) is 38.2 Å². The van der Waals surface area contributed by atoms with E-state index in [-0.39, 0.29) is 5.75 Å². The highest BCUT2D eigenvalue weighted by Crippen LogP contribution is 2.21. The highest BCUT2D eigenvalue weighted by atomic mass is 32.2. The molecular weight excluding hydrogens is 338 g/mol. The monoisotopic (exact) mass is 365 g/mol. The standard InChI is InChI=1S/C19H27NO4S/c1-2-3-4-5-6-7-10-16-11-8-9-12-18(16)24-19(21)20-17-13-14-25(22,23)15-17/h8-9,11-14,17H,2-7,10,15H2,1H3,(H,20,21). The summed E-state index contributed by atoms with van der Waals surface area (Å²) in [5.74, 6) is 0.431. The molecule has 0 spiro atoms. The van der Waals surface area contributed by atoms with Gasteiger partial charge in [-0.1, -0.05) is 57.2 Å². The maximum Gasteiger partial charge on any atom is 0.413 e. The van der Waals surface area contributed by atoms with Gasteiger partial charge in [-0.05, 0) is 30.5 Å². The van der Waals surface area contributed by atoms with Crippen LogP contribution in [-0.4, -0.2) is 26.3 Å². The second kappa shape index (κ2) is 9.61. The molecule has 1 aromatic carbocycles. The summed E-state index contributed by atoms with van der Waals surface area (Å²) >= 11 is 0. The van der Waals surface area contributed by atoms with Crippen molar-refractivity contribution in [2.24, 2.45) is 0 Å². The maximum absolute atomic E-state index is 12.0. The van der Waals surface area contributed by atoms with Gasteiger partial charge in [-0.3, -0.25) is 0 Å². The van der Waals surface area contributed by atoms with Crippen molar-refractivity contribution >= 4 is 15.9 Å². The molecule has 1 aliphatic heterocycles. The number of benzene rings is 1. The molecule has 0 saturated carbocycles. The molecule has 1 aromatic rings. The second-order valence-corrected chi connectivity index (χ2v) is 8.36. The first-order valence-electron chi connectivity index (χ1n) is 8.97. The third-order valence-electron chi connectivity index (χ3n) is 4.21. The number of ether oxygens (including phenoxy) is 1. The zero-order valence-electron chi connectivity index (χ0n) is 14.7. The number of carbonyl (C=O) groups excluding carboxylic acids is 1. The zero-order valence-corrected chi connectivity index (χ0v) is 15.6. The Labute approximate surface area is 150 Å². The molecule has 1 atom stereocenters. The number of aryl methyl sites for hydroxylation is 1. The topological polar surface area (TPSA) is 72.5 Å². The number of amides is 1. The normalized spacial score (nSPS) is 18.2. The average Bonchev–Trinajstić information content (AvgIpc) is 2.90. The third kappa shape index (κ3) is 6.90. The molecule has 25 heavy (non-hydrogen) atoms. The molecule has 0 fully saturated rings. The van der Waals surface area contributed by atoms with Crippen molar-refractivity contribution in [3.05, 3.63) is 41.3 Å². The van der Waals surface area contributed by atoms with E-state index in [2.05, 4.69) is 12.2 Å². The summed E-state index contributed by atoms with van der Waals surface area (Å²) in [6.07, 6.45) is 8.98. The Morgan fingerprint density at radius 3 is 2.60 bits per heavy atom. The van der Waals surface area contributed by atoms with Gasteiger partial charge in [0.25, 0.3) is 0 Å².